The maximum atomic E-state index is 6.02. The van der Waals surface area contributed by atoms with Crippen molar-refractivity contribution in [2.24, 2.45) is 5.92 Å². The molecule has 3 heteroatoms. The fourth-order valence-electron chi connectivity index (χ4n) is 3.15. The molecule has 0 spiro atoms. The molecule has 1 heterocycles. The fourth-order valence-corrected chi connectivity index (χ4v) is 3.60. The van der Waals surface area contributed by atoms with Gasteiger partial charge in [0, 0.05) is 4.47 Å². The molecule has 1 N–H and O–H groups in total. The van der Waals surface area contributed by atoms with Crippen molar-refractivity contribution >= 4 is 15.9 Å². The van der Waals surface area contributed by atoms with Gasteiger partial charge in [0.25, 0.3) is 0 Å². The molecule has 118 valence electrons. The summed E-state index contributed by atoms with van der Waals surface area (Å²) in [5.74, 6) is 0.654. The highest BCUT2D eigenvalue weighted by molar-refractivity contribution is 9.10. The predicted octanol–water partition coefficient (Wildman–Crippen LogP) is 4.57. The molecule has 1 fully saturated rings. The van der Waals surface area contributed by atoms with E-state index in [2.05, 4.69) is 59.4 Å². The topological polar surface area (TPSA) is 21.3 Å². The van der Waals surface area contributed by atoms with Crippen molar-refractivity contribution in [3.63, 3.8) is 0 Å². The Labute approximate surface area is 137 Å². The molecule has 0 amide bonds. The van der Waals surface area contributed by atoms with Gasteiger partial charge < -0.3 is 10.1 Å². The number of hydrogen-bond acceptors (Lipinski definition) is 2. The lowest BCUT2D eigenvalue weighted by atomic mass is 9.92. The van der Waals surface area contributed by atoms with Crippen molar-refractivity contribution in [1.29, 1.82) is 0 Å². The first-order valence-electron chi connectivity index (χ1n) is 8.28. The van der Waals surface area contributed by atoms with Gasteiger partial charge in [0.05, 0.1) is 12.2 Å². The van der Waals surface area contributed by atoms with E-state index in [1.165, 1.54) is 35.7 Å². The maximum Gasteiger partial charge on any atom is 0.0583 e. The Morgan fingerprint density at radius 1 is 1.38 bits per heavy atom. The highest BCUT2D eigenvalue weighted by Crippen LogP contribution is 2.26. The molecule has 1 saturated heterocycles. The molecule has 1 aromatic carbocycles. The van der Waals surface area contributed by atoms with Gasteiger partial charge >= 0.3 is 0 Å². The number of hydrogen-bond donors (Lipinski definition) is 1. The van der Waals surface area contributed by atoms with Crippen LogP contribution in [0, 0.1) is 5.92 Å². The molecular weight excluding hydrogens is 326 g/mol. The molecule has 1 aliphatic heterocycles. The molecule has 3 unspecified atom stereocenters. The summed E-state index contributed by atoms with van der Waals surface area (Å²) in [7, 11) is 0. The number of ether oxygens (including phenoxy) is 1. The summed E-state index contributed by atoms with van der Waals surface area (Å²) in [6.07, 6.45) is 6.85. The standard InChI is InChI=1S/C18H28BrNO/c1-3-9-20-13-16(12-18-8-7-14(2)21-18)10-15-5-4-6-17(19)11-15/h4-6,11,14,16,18,20H,3,7-10,12-13H2,1-2H3. The zero-order valence-electron chi connectivity index (χ0n) is 13.3. The minimum absolute atomic E-state index is 0.449. The first-order valence-corrected chi connectivity index (χ1v) is 9.07. The highest BCUT2D eigenvalue weighted by atomic mass is 79.9. The number of benzene rings is 1. The molecule has 0 radical (unpaired) electrons. The average Bonchev–Trinajstić information content (AvgIpc) is 2.84. The van der Waals surface area contributed by atoms with Crippen LogP contribution in [0.5, 0.6) is 0 Å². The Balaban J connectivity index is 1.91. The summed E-state index contributed by atoms with van der Waals surface area (Å²) < 4.78 is 7.19. The Morgan fingerprint density at radius 3 is 2.90 bits per heavy atom. The van der Waals surface area contributed by atoms with Crippen LogP contribution in [0.2, 0.25) is 0 Å². The minimum Gasteiger partial charge on any atom is -0.375 e. The predicted molar refractivity (Wildman–Crippen MR) is 92.7 cm³/mol. The molecule has 2 rings (SSSR count). The summed E-state index contributed by atoms with van der Waals surface area (Å²) in [6, 6.07) is 8.69. The molecular formula is C18H28BrNO. The Kier molecular flexibility index (Phi) is 7.21. The smallest absolute Gasteiger partial charge is 0.0583 e. The summed E-state index contributed by atoms with van der Waals surface area (Å²) in [6.45, 7) is 6.61. The Morgan fingerprint density at radius 2 is 2.24 bits per heavy atom. The third kappa shape index (κ3) is 6.09. The molecule has 1 aliphatic rings. The lowest BCUT2D eigenvalue weighted by molar-refractivity contribution is 0.0408. The first kappa shape index (κ1) is 17.0. The van der Waals surface area contributed by atoms with E-state index in [4.69, 9.17) is 4.74 Å². The monoisotopic (exact) mass is 353 g/mol. The van der Waals surface area contributed by atoms with Crippen LogP contribution in [0.1, 0.15) is 45.1 Å². The first-order chi connectivity index (χ1) is 10.2. The fraction of sp³-hybridized carbons (Fsp3) is 0.667. The third-order valence-corrected chi connectivity index (χ3v) is 4.68. The van der Waals surface area contributed by atoms with Crippen molar-refractivity contribution in [1.82, 2.24) is 5.32 Å². The zero-order chi connectivity index (χ0) is 15.1. The summed E-state index contributed by atoms with van der Waals surface area (Å²) in [5, 5.41) is 3.59. The van der Waals surface area contributed by atoms with Crippen LogP contribution in [0.4, 0.5) is 0 Å². The van der Waals surface area contributed by atoms with Crippen LogP contribution in [0.25, 0.3) is 0 Å². The van der Waals surface area contributed by atoms with E-state index in [1.807, 2.05) is 0 Å². The normalized spacial score (nSPS) is 23.4. The van der Waals surface area contributed by atoms with Crippen molar-refractivity contribution in [2.75, 3.05) is 13.1 Å². The molecule has 0 saturated carbocycles. The molecule has 0 bridgehead atoms. The van der Waals surface area contributed by atoms with Crippen molar-refractivity contribution < 1.29 is 4.74 Å². The highest BCUT2D eigenvalue weighted by Gasteiger charge is 2.25. The second-order valence-corrected chi connectivity index (χ2v) is 7.20. The zero-order valence-corrected chi connectivity index (χ0v) is 14.9. The third-order valence-electron chi connectivity index (χ3n) is 4.19. The van der Waals surface area contributed by atoms with Gasteiger partial charge in [-0.05, 0) is 75.7 Å². The maximum absolute atomic E-state index is 6.02. The van der Waals surface area contributed by atoms with Crippen LogP contribution in [-0.4, -0.2) is 25.3 Å². The van der Waals surface area contributed by atoms with Gasteiger partial charge in [-0.2, -0.15) is 0 Å². The largest absolute Gasteiger partial charge is 0.375 e. The lowest BCUT2D eigenvalue weighted by Crippen LogP contribution is -2.28. The van der Waals surface area contributed by atoms with E-state index >= 15 is 0 Å². The van der Waals surface area contributed by atoms with E-state index in [0.717, 1.165) is 19.5 Å². The quantitative estimate of drug-likeness (QED) is 0.691. The number of rotatable bonds is 8. The van der Waals surface area contributed by atoms with Crippen LogP contribution >= 0.6 is 15.9 Å². The van der Waals surface area contributed by atoms with E-state index in [0.29, 0.717) is 18.1 Å². The van der Waals surface area contributed by atoms with Gasteiger partial charge in [-0.1, -0.05) is 35.0 Å². The van der Waals surface area contributed by atoms with Crippen LogP contribution in [0.15, 0.2) is 28.7 Å². The van der Waals surface area contributed by atoms with Crippen molar-refractivity contribution in [2.45, 2.75) is 58.2 Å². The van der Waals surface area contributed by atoms with Gasteiger partial charge in [0.1, 0.15) is 0 Å². The van der Waals surface area contributed by atoms with Gasteiger partial charge in [-0.25, -0.2) is 0 Å². The Bertz CT molecular complexity index is 423. The SMILES string of the molecule is CCCNCC(Cc1cccc(Br)c1)CC1CCC(C)O1. The van der Waals surface area contributed by atoms with E-state index in [-0.39, 0.29) is 0 Å². The summed E-state index contributed by atoms with van der Waals surface area (Å²) in [4.78, 5) is 0. The Hall–Kier alpha value is -0.380. The number of halogens is 1. The second-order valence-electron chi connectivity index (χ2n) is 6.29. The molecule has 1 aromatic rings. The average molecular weight is 354 g/mol. The molecule has 21 heavy (non-hydrogen) atoms. The van der Waals surface area contributed by atoms with Crippen molar-refractivity contribution in [3.8, 4) is 0 Å². The molecule has 3 atom stereocenters. The summed E-state index contributed by atoms with van der Waals surface area (Å²) in [5.41, 5.74) is 1.42. The van der Waals surface area contributed by atoms with E-state index < -0.39 is 0 Å². The molecule has 2 nitrogen and oxygen atoms in total. The van der Waals surface area contributed by atoms with Crippen molar-refractivity contribution in [3.05, 3.63) is 34.3 Å². The van der Waals surface area contributed by atoms with Gasteiger partial charge in [0.2, 0.25) is 0 Å². The van der Waals surface area contributed by atoms with Gasteiger partial charge in [-0.3, -0.25) is 0 Å². The summed E-state index contributed by atoms with van der Waals surface area (Å²) >= 11 is 3.57. The van der Waals surface area contributed by atoms with Gasteiger partial charge in [0.15, 0.2) is 0 Å². The van der Waals surface area contributed by atoms with E-state index in [1.54, 1.807) is 0 Å². The number of nitrogens with one attached hydrogen (secondary N) is 1. The minimum atomic E-state index is 0.449. The van der Waals surface area contributed by atoms with Crippen LogP contribution < -0.4 is 5.32 Å². The van der Waals surface area contributed by atoms with E-state index in [9.17, 15) is 0 Å². The van der Waals surface area contributed by atoms with Gasteiger partial charge in [-0.15, -0.1) is 0 Å². The lowest BCUT2D eigenvalue weighted by Gasteiger charge is -2.21. The van der Waals surface area contributed by atoms with Crippen LogP contribution in [-0.2, 0) is 11.2 Å². The molecule has 0 aromatic heterocycles. The second kappa shape index (κ2) is 8.92. The van der Waals surface area contributed by atoms with Crippen LogP contribution in [0.3, 0.4) is 0 Å². The molecule has 0 aliphatic carbocycles.